The lowest BCUT2D eigenvalue weighted by Crippen LogP contribution is -2.25. The Labute approximate surface area is 182 Å². The van der Waals surface area contributed by atoms with Gasteiger partial charge >= 0.3 is 0 Å². The van der Waals surface area contributed by atoms with Crippen LogP contribution in [0.3, 0.4) is 0 Å². The fourth-order valence-corrected chi connectivity index (χ4v) is 4.96. The third-order valence-electron chi connectivity index (χ3n) is 6.22. The Kier molecular flexibility index (Phi) is 5.25. The molecule has 1 aromatic heterocycles. The third kappa shape index (κ3) is 3.84. The highest BCUT2D eigenvalue weighted by atomic mass is 35.5. The lowest BCUT2D eigenvalue weighted by Gasteiger charge is -2.29. The van der Waals surface area contributed by atoms with Crippen LogP contribution in [0.5, 0.6) is 5.75 Å². The van der Waals surface area contributed by atoms with Crippen molar-refractivity contribution in [3.63, 3.8) is 0 Å². The van der Waals surface area contributed by atoms with Gasteiger partial charge in [0.25, 0.3) is 0 Å². The number of fused-ring (bicyclic) bond motifs is 3. The molecule has 0 N–H and O–H groups in total. The number of hydrogen-bond acceptors (Lipinski definition) is 4. The van der Waals surface area contributed by atoms with E-state index in [0.29, 0.717) is 5.92 Å². The Balaban J connectivity index is 1.37. The largest absolute Gasteiger partial charge is 0.490 e. The molecule has 0 spiro atoms. The molecule has 0 amide bonds. The highest BCUT2D eigenvalue weighted by molar-refractivity contribution is 6.30. The number of nitrogens with zero attached hydrogens (tertiary/aromatic N) is 4. The highest BCUT2D eigenvalue weighted by Gasteiger charge is 2.30. The Hall–Kier alpha value is -2.37. The second-order valence-electron chi connectivity index (χ2n) is 8.66. The van der Waals surface area contributed by atoms with Gasteiger partial charge in [-0.3, -0.25) is 9.47 Å². The Morgan fingerprint density at radius 1 is 1.00 bits per heavy atom. The van der Waals surface area contributed by atoms with Crippen LogP contribution >= 0.6 is 11.6 Å². The van der Waals surface area contributed by atoms with Crippen molar-refractivity contribution >= 4 is 11.6 Å². The molecule has 1 aliphatic carbocycles. The molecule has 0 atom stereocenters. The molecule has 0 bridgehead atoms. The minimum atomic E-state index is 0.270. The van der Waals surface area contributed by atoms with E-state index >= 15 is 0 Å². The molecule has 0 saturated heterocycles. The first-order chi connectivity index (χ1) is 14.6. The number of aryl methyl sites for hydroxylation is 1. The van der Waals surface area contributed by atoms with Gasteiger partial charge in [-0.05, 0) is 81.1 Å². The zero-order valence-electron chi connectivity index (χ0n) is 17.5. The smallest absolute Gasteiger partial charge is 0.151 e. The Morgan fingerprint density at radius 3 is 2.63 bits per heavy atom. The van der Waals surface area contributed by atoms with E-state index in [-0.39, 0.29) is 6.10 Å². The van der Waals surface area contributed by atoms with Gasteiger partial charge in [0.05, 0.1) is 18.3 Å². The standard InChI is InChI=1S/C24H27ClN4O/c1-16-4-3-5-21(12-16)30-20-9-6-17(7-10-20)24-27-26-23-15-28(2)14-18-13-19(25)8-11-22(18)29(23)24/h3-5,8,11-13,17,20H,6-7,9-10,14-15H2,1-2H3/t17-,20-. The average Bonchev–Trinajstić information content (AvgIpc) is 3.06. The predicted octanol–water partition coefficient (Wildman–Crippen LogP) is 5.28. The average molecular weight is 423 g/mol. The first kappa shape index (κ1) is 19.6. The van der Waals surface area contributed by atoms with E-state index in [1.165, 1.54) is 11.1 Å². The van der Waals surface area contributed by atoms with Crippen molar-refractivity contribution < 1.29 is 4.74 Å². The van der Waals surface area contributed by atoms with Crippen LogP contribution in [0.1, 0.15) is 54.4 Å². The molecule has 1 aliphatic heterocycles. The maximum Gasteiger partial charge on any atom is 0.151 e. The summed E-state index contributed by atoms with van der Waals surface area (Å²) >= 11 is 6.29. The van der Waals surface area contributed by atoms with Crippen LogP contribution in [0.2, 0.25) is 5.02 Å². The molecule has 5 rings (SSSR count). The quantitative estimate of drug-likeness (QED) is 0.576. The van der Waals surface area contributed by atoms with Crippen molar-refractivity contribution in [1.82, 2.24) is 19.7 Å². The lowest BCUT2D eigenvalue weighted by atomic mass is 9.86. The molecule has 0 unspecified atom stereocenters. The van der Waals surface area contributed by atoms with Crippen LogP contribution in [0, 0.1) is 6.92 Å². The topological polar surface area (TPSA) is 43.2 Å². The van der Waals surface area contributed by atoms with Crippen LogP contribution in [0.25, 0.3) is 5.69 Å². The van der Waals surface area contributed by atoms with Gasteiger partial charge in [0.15, 0.2) is 5.82 Å². The van der Waals surface area contributed by atoms with E-state index in [0.717, 1.165) is 66.9 Å². The summed E-state index contributed by atoms with van der Waals surface area (Å²) in [5.74, 6) is 3.46. The van der Waals surface area contributed by atoms with E-state index in [4.69, 9.17) is 16.3 Å². The maximum atomic E-state index is 6.29. The number of hydrogen-bond donors (Lipinski definition) is 0. The fourth-order valence-electron chi connectivity index (χ4n) is 4.77. The van der Waals surface area contributed by atoms with Gasteiger partial charge in [0, 0.05) is 17.5 Å². The molecule has 6 heteroatoms. The summed E-state index contributed by atoms with van der Waals surface area (Å²) in [6.07, 6.45) is 4.47. The van der Waals surface area contributed by atoms with Crippen molar-refractivity contribution in [2.75, 3.05) is 7.05 Å². The summed E-state index contributed by atoms with van der Waals surface area (Å²) in [6.45, 7) is 3.74. The molecule has 2 aromatic carbocycles. The minimum Gasteiger partial charge on any atom is -0.490 e. The molecule has 1 saturated carbocycles. The molecule has 3 aromatic rings. The number of rotatable bonds is 3. The second kappa shape index (κ2) is 8.05. The molecule has 2 heterocycles. The van der Waals surface area contributed by atoms with Crippen molar-refractivity contribution in [3.8, 4) is 11.4 Å². The Bertz CT molecular complexity index is 1060. The summed E-state index contributed by atoms with van der Waals surface area (Å²) in [5, 5.41) is 9.99. The monoisotopic (exact) mass is 422 g/mol. The van der Waals surface area contributed by atoms with Crippen LogP contribution in [0.15, 0.2) is 42.5 Å². The highest BCUT2D eigenvalue weighted by Crippen LogP contribution is 2.37. The van der Waals surface area contributed by atoms with Crippen LogP contribution in [-0.2, 0) is 13.1 Å². The van der Waals surface area contributed by atoms with Gasteiger partial charge in [-0.1, -0.05) is 23.7 Å². The van der Waals surface area contributed by atoms with E-state index < -0.39 is 0 Å². The summed E-state index contributed by atoms with van der Waals surface area (Å²) in [6, 6.07) is 14.5. The van der Waals surface area contributed by atoms with E-state index in [9.17, 15) is 0 Å². The summed E-state index contributed by atoms with van der Waals surface area (Å²) in [5.41, 5.74) is 3.62. The molecular weight excluding hydrogens is 396 g/mol. The zero-order chi connectivity index (χ0) is 20.7. The fraction of sp³-hybridized carbons (Fsp3) is 0.417. The van der Waals surface area contributed by atoms with Crippen molar-refractivity contribution in [3.05, 3.63) is 70.3 Å². The van der Waals surface area contributed by atoms with Gasteiger partial charge in [-0.25, -0.2) is 0 Å². The predicted molar refractivity (Wildman–Crippen MR) is 118 cm³/mol. The van der Waals surface area contributed by atoms with Gasteiger partial charge in [-0.15, -0.1) is 10.2 Å². The molecule has 1 fully saturated rings. The number of benzene rings is 2. The third-order valence-corrected chi connectivity index (χ3v) is 6.46. The summed E-state index contributed by atoms with van der Waals surface area (Å²) < 4.78 is 8.53. The van der Waals surface area contributed by atoms with Gasteiger partial charge < -0.3 is 4.74 Å². The summed E-state index contributed by atoms with van der Waals surface area (Å²) in [4.78, 5) is 2.26. The maximum absolute atomic E-state index is 6.29. The van der Waals surface area contributed by atoms with Gasteiger partial charge in [-0.2, -0.15) is 0 Å². The van der Waals surface area contributed by atoms with Crippen LogP contribution in [0.4, 0.5) is 0 Å². The molecule has 2 aliphatic rings. The number of aromatic nitrogens is 3. The Morgan fingerprint density at radius 2 is 1.83 bits per heavy atom. The number of ether oxygens (including phenoxy) is 1. The zero-order valence-corrected chi connectivity index (χ0v) is 18.3. The second-order valence-corrected chi connectivity index (χ2v) is 9.10. The molecule has 30 heavy (non-hydrogen) atoms. The van der Waals surface area contributed by atoms with Gasteiger partial charge in [0.2, 0.25) is 0 Å². The normalized spacial score (nSPS) is 21.6. The lowest BCUT2D eigenvalue weighted by molar-refractivity contribution is 0.144. The van der Waals surface area contributed by atoms with Crippen molar-refractivity contribution in [2.45, 2.75) is 57.7 Å². The first-order valence-corrected chi connectivity index (χ1v) is 11.1. The van der Waals surface area contributed by atoms with Crippen LogP contribution < -0.4 is 4.74 Å². The van der Waals surface area contributed by atoms with E-state index in [1.807, 2.05) is 6.07 Å². The number of halogens is 1. The van der Waals surface area contributed by atoms with E-state index in [1.54, 1.807) is 0 Å². The first-order valence-electron chi connectivity index (χ1n) is 10.7. The minimum absolute atomic E-state index is 0.270. The van der Waals surface area contributed by atoms with E-state index in [2.05, 4.69) is 70.0 Å². The molecule has 5 nitrogen and oxygen atoms in total. The molecular formula is C24H27ClN4O. The van der Waals surface area contributed by atoms with Crippen LogP contribution in [-0.4, -0.2) is 32.8 Å². The van der Waals surface area contributed by atoms with Crippen molar-refractivity contribution in [1.29, 1.82) is 0 Å². The SMILES string of the molecule is Cc1cccc(O[C@H]2CC[C@H](c3nnc4n3-c3ccc(Cl)cc3CN(C)C4)CC2)c1. The van der Waals surface area contributed by atoms with Crippen molar-refractivity contribution in [2.24, 2.45) is 0 Å². The van der Waals surface area contributed by atoms with Gasteiger partial charge in [0.1, 0.15) is 11.6 Å². The summed E-state index contributed by atoms with van der Waals surface area (Å²) in [7, 11) is 2.11. The molecule has 156 valence electrons. The molecule has 0 radical (unpaired) electrons.